The second-order valence-corrected chi connectivity index (χ2v) is 12.0. The van der Waals surface area contributed by atoms with Gasteiger partial charge in [0.15, 0.2) is 0 Å². The third kappa shape index (κ3) is 7.22. The van der Waals surface area contributed by atoms with Crippen molar-refractivity contribution in [1.29, 1.82) is 0 Å². The molecule has 3 aromatic rings. The molecule has 0 saturated carbocycles. The number of carbonyl (C=O) groups excluding carboxylic acids is 2. The van der Waals surface area contributed by atoms with E-state index in [4.69, 9.17) is 23.2 Å². The van der Waals surface area contributed by atoms with Gasteiger partial charge in [0.1, 0.15) is 6.54 Å². The van der Waals surface area contributed by atoms with Crippen LogP contribution in [0.25, 0.3) is 0 Å². The Kier molecular flexibility index (Phi) is 8.33. The van der Waals surface area contributed by atoms with Gasteiger partial charge in [-0.15, -0.1) is 0 Å². The summed E-state index contributed by atoms with van der Waals surface area (Å²) in [6, 6.07) is 18.3. The summed E-state index contributed by atoms with van der Waals surface area (Å²) >= 11 is 12.1. The molecule has 0 aromatic heterocycles. The highest BCUT2D eigenvalue weighted by Crippen LogP contribution is 2.30. The van der Waals surface area contributed by atoms with E-state index in [0.717, 1.165) is 16.1 Å². The smallest absolute Gasteiger partial charge is 0.255 e. The molecule has 0 aliphatic carbocycles. The zero-order valence-corrected chi connectivity index (χ0v) is 22.6. The van der Waals surface area contributed by atoms with Crippen molar-refractivity contribution in [2.24, 2.45) is 0 Å². The molecule has 3 aromatic carbocycles. The van der Waals surface area contributed by atoms with Gasteiger partial charge in [-0.05, 0) is 59.5 Å². The normalized spacial score (nSPS) is 11.6. The van der Waals surface area contributed by atoms with Crippen molar-refractivity contribution in [2.75, 3.05) is 27.7 Å². The zero-order valence-electron chi connectivity index (χ0n) is 20.3. The van der Waals surface area contributed by atoms with Crippen LogP contribution in [0.4, 0.5) is 17.1 Å². The van der Waals surface area contributed by atoms with Crippen molar-refractivity contribution in [3.63, 3.8) is 0 Å². The first-order valence-corrected chi connectivity index (χ1v) is 13.6. The molecule has 0 unspecified atom stereocenters. The van der Waals surface area contributed by atoms with Gasteiger partial charge in [0.05, 0.1) is 17.0 Å². The van der Waals surface area contributed by atoms with E-state index in [-0.39, 0.29) is 27.1 Å². The molecule has 0 heterocycles. The fraction of sp³-hybridized carbons (Fsp3) is 0.231. The van der Waals surface area contributed by atoms with Crippen molar-refractivity contribution in [2.45, 2.75) is 26.2 Å². The molecular formula is C26H27Cl2N3O4S. The van der Waals surface area contributed by atoms with Gasteiger partial charge >= 0.3 is 0 Å². The maximum Gasteiger partial charge on any atom is 0.255 e. The monoisotopic (exact) mass is 547 g/mol. The van der Waals surface area contributed by atoms with Gasteiger partial charge in [-0.25, -0.2) is 8.42 Å². The molecule has 2 amide bonds. The van der Waals surface area contributed by atoms with E-state index >= 15 is 0 Å². The van der Waals surface area contributed by atoms with Gasteiger partial charge in [0.25, 0.3) is 5.91 Å². The number of anilines is 3. The van der Waals surface area contributed by atoms with Crippen molar-refractivity contribution in [3.05, 3.63) is 87.9 Å². The van der Waals surface area contributed by atoms with Gasteiger partial charge in [-0.3, -0.25) is 13.9 Å². The summed E-state index contributed by atoms with van der Waals surface area (Å²) in [5.74, 6) is -0.893. The van der Waals surface area contributed by atoms with Crippen LogP contribution >= 0.6 is 23.2 Å². The highest BCUT2D eigenvalue weighted by molar-refractivity contribution is 7.92. The number of carbonyl (C=O) groups is 2. The number of rotatable bonds is 7. The summed E-state index contributed by atoms with van der Waals surface area (Å²) in [7, 11) is -3.84. The second kappa shape index (κ2) is 10.9. The Balaban J connectivity index is 1.72. The van der Waals surface area contributed by atoms with Crippen LogP contribution in [0, 0.1) is 0 Å². The van der Waals surface area contributed by atoms with Crippen LogP contribution in [-0.2, 0) is 20.2 Å². The van der Waals surface area contributed by atoms with Crippen molar-refractivity contribution in [1.82, 2.24) is 0 Å². The summed E-state index contributed by atoms with van der Waals surface area (Å²) < 4.78 is 25.6. The first-order chi connectivity index (χ1) is 16.7. The minimum absolute atomic E-state index is 0.0215. The Morgan fingerprint density at radius 3 is 2.08 bits per heavy atom. The van der Waals surface area contributed by atoms with Gasteiger partial charge in [0.2, 0.25) is 15.9 Å². The van der Waals surface area contributed by atoms with Crippen LogP contribution in [0.3, 0.4) is 0 Å². The molecule has 3 rings (SSSR count). The Hall–Kier alpha value is -3.07. The highest BCUT2D eigenvalue weighted by atomic mass is 35.5. The van der Waals surface area contributed by atoms with Gasteiger partial charge in [0, 0.05) is 22.0 Å². The van der Waals surface area contributed by atoms with E-state index in [1.807, 2.05) is 12.1 Å². The molecule has 0 atom stereocenters. The van der Waals surface area contributed by atoms with Crippen LogP contribution in [-0.4, -0.2) is 33.0 Å². The maximum absolute atomic E-state index is 12.7. The van der Waals surface area contributed by atoms with Crippen LogP contribution in [0.15, 0.2) is 66.7 Å². The van der Waals surface area contributed by atoms with Crippen LogP contribution in [0.1, 0.15) is 36.7 Å². The predicted molar refractivity (Wildman–Crippen MR) is 147 cm³/mol. The largest absolute Gasteiger partial charge is 0.324 e. The molecule has 10 heteroatoms. The Morgan fingerprint density at radius 2 is 1.50 bits per heavy atom. The second-order valence-electron chi connectivity index (χ2n) is 9.28. The zero-order chi connectivity index (χ0) is 26.7. The van der Waals surface area contributed by atoms with Gasteiger partial charge in [-0.1, -0.05) is 62.2 Å². The van der Waals surface area contributed by atoms with E-state index in [1.54, 1.807) is 36.4 Å². The molecule has 0 saturated heterocycles. The van der Waals surface area contributed by atoms with Crippen LogP contribution in [0.2, 0.25) is 10.0 Å². The molecular weight excluding hydrogens is 521 g/mol. The minimum atomic E-state index is -3.84. The number of hydrogen-bond donors (Lipinski definition) is 2. The average Bonchev–Trinajstić information content (AvgIpc) is 2.78. The van der Waals surface area contributed by atoms with Gasteiger partial charge < -0.3 is 10.6 Å². The number of amides is 2. The van der Waals surface area contributed by atoms with Crippen molar-refractivity contribution < 1.29 is 18.0 Å². The molecule has 0 aliphatic heterocycles. The van der Waals surface area contributed by atoms with Gasteiger partial charge in [-0.2, -0.15) is 0 Å². The lowest BCUT2D eigenvalue weighted by molar-refractivity contribution is -0.114. The number of nitrogens with zero attached hydrogens (tertiary/aromatic N) is 1. The van der Waals surface area contributed by atoms with E-state index < -0.39 is 22.5 Å². The number of benzene rings is 3. The first-order valence-electron chi connectivity index (χ1n) is 11.0. The summed E-state index contributed by atoms with van der Waals surface area (Å²) in [6.45, 7) is 5.78. The molecule has 0 aliphatic rings. The average molecular weight is 548 g/mol. The molecule has 190 valence electrons. The topological polar surface area (TPSA) is 95.6 Å². The third-order valence-corrected chi connectivity index (χ3v) is 6.96. The number of sulfonamides is 1. The first kappa shape index (κ1) is 27.5. The highest BCUT2D eigenvalue weighted by Gasteiger charge is 2.23. The van der Waals surface area contributed by atoms with Crippen LogP contribution < -0.4 is 14.9 Å². The fourth-order valence-corrected chi connectivity index (χ4v) is 4.68. The summed E-state index contributed by atoms with van der Waals surface area (Å²) in [4.78, 5) is 25.4. The standard InChI is InChI=1S/C26H27Cl2N3O4S/c1-26(2,3)18-10-8-17(9-11-18)25(33)30-21-7-5-6-20(15-21)29-24(32)16-31(36(4,34)35)23-14-19(27)12-13-22(23)28/h5-15H,16H2,1-4H3,(H,29,32)(H,30,33). The SMILES string of the molecule is CC(C)(C)c1ccc(C(=O)Nc2cccc(NC(=O)CN(c3cc(Cl)ccc3Cl)S(C)(=O)=O)c2)cc1. The molecule has 0 radical (unpaired) electrons. The number of nitrogens with one attached hydrogen (secondary N) is 2. The van der Waals surface area contributed by atoms with E-state index in [0.29, 0.717) is 16.9 Å². The molecule has 2 N–H and O–H groups in total. The van der Waals surface area contributed by atoms with Crippen molar-refractivity contribution in [3.8, 4) is 0 Å². The van der Waals surface area contributed by atoms with Crippen molar-refractivity contribution >= 4 is 62.1 Å². The Bertz CT molecular complexity index is 1390. The molecule has 7 nitrogen and oxygen atoms in total. The minimum Gasteiger partial charge on any atom is -0.324 e. The quantitative estimate of drug-likeness (QED) is 0.382. The number of halogens is 2. The summed E-state index contributed by atoms with van der Waals surface area (Å²) in [5.41, 5.74) is 2.54. The maximum atomic E-state index is 12.7. The Labute approximate surface area is 221 Å². The molecule has 0 spiro atoms. The lowest BCUT2D eigenvalue weighted by Gasteiger charge is -2.23. The fourth-order valence-electron chi connectivity index (χ4n) is 3.39. The van der Waals surface area contributed by atoms with Crippen LogP contribution in [0.5, 0.6) is 0 Å². The summed E-state index contributed by atoms with van der Waals surface area (Å²) in [6.07, 6.45) is 0.974. The predicted octanol–water partition coefficient (Wildman–Crippen LogP) is 5.95. The van der Waals surface area contributed by atoms with E-state index in [9.17, 15) is 18.0 Å². The Morgan fingerprint density at radius 1 is 0.889 bits per heavy atom. The van der Waals surface area contributed by atoms with E-state index in [1.165, 1.54) is 18.2 Å². The number of hydrogen-bond acceptors (Lipinski definition) is 4. The molecule has 36 heavy (non-hydrogen) atoms. The third-order valence-electron chi connectivity index (χ3n) is 5.28. The lowest BCUT2D eigenvalue weighted by atomic mass is 9.87. The molecule has 0 bridgehead atoms. The lowest BCUT2D eigenvalue weighted by Crippen LogP contribution is -2.37. The molecule has 0 fully saturated rings. The summed E-state index contributed by atoms with van der Waals surface area (Å²) in [5, 5.41) is 5.87. The van der Waals surface area contributed by atoms with E-state index in [2.05, 4.69) is 31.4 Å².